The average Bonchev–Trinajstić information content (AvgIpc) is 2.50. The van der Waals surface area contributed by atoms with Gasteiger partial charge < -0.3 is 4.74 Å². The van der Waals surface area contributed by atoms with Gasteiger partial charge in [0.1, 0.15) is 0 Å². The minimum atomic E-state index is -0.0604. The van der Waals surface area contributed by atoms with E-state index in [0.717, 1.165) is 12.8 Å². The second-order valence-corrected chi connectivity index (χ2v) is 6.70. The standard InChI is InChI=1S/C18H24O2S/c1-2-20-18(19)10-6-7-15-11-13-17(14-12-15)21-16-8-4-3-5-9-16/h3-5,8-9,11,13,15,17H,2,6-7,10,12,14H2,1H3. The highest BCUT2D eigenvalue weighted by Crippen LogP contribution is 2.33. The van der Waals surface area contributed by atoms with Gasteiger partial charge in [0, 0.05) is 16.6 Å². The summed E-state index contributed by atoms with van der Waals surface area (Å²) in [5.41, 5.74) is 0. The number of hydrogen-bond donors (Lipinski definition) is 0. The van der Waals surface area contributed by atoms with Gasteiger partial charge in [-0.3, -0.25) is 4.79 Å². The Bertz CT molecular complexity index is 456. The van der Waals surface area contributed by atoms with Gasteiger partial charge in [-0.25, -0.2) is 0 Å². The zero-order valence-corrected chi connectivity index (χ0v) is 13.5. The minimum Gasteiger partial charge on any atom is -0.466 e. The van der Waals surface area contributed by atoms with E-state index in [4.69, 9.17) is 4.74 Å². The first-order valence-corrected chi connectivity index (χ1v) is 8.71. The molecule has 1 aliphatic rings. The number of hydrogen-bond acceptors (Lipinski definition) is 3. The lowest BCUT2D eigenvalue weighted by Crippen LogP contribution is -2.11. The molecule has 0 saturated carbocycles. The summed E-state index contributed by atoms with van der Waals surface area (Å²) < 4.78 is 4.95. The average molecular weight is 304 g/mol. The third kappa shape index (κ3) is 5.96. The van der Waals surface area contributed by atoms with Crippen LogP contribution in [0.15, 0.2) is 47.4 Å². The van der Waals surface area contributed by atoms with Crippen LogP contribution in [0.25, 0.3) is 0 Å². The Labute approximate surface area is 132 Å². The van der Waals surface area contributed by atoms with Crippen molar-refractivity contribution in [2.24, 2.45) is 5.92 Å². The van der Waals surface area contributed by atoms with Gasteiger partial charge in [-0.15, -0.1) is 11.8 Å². The van der Waals surface area contributed by atoms with Gasteiger partial charge in [0.25, 0.3) is 0 Å². The van der Waals surface area contributed by atoms with E-state index < -0.39 is 0 Å². The fourth-order valence-electron chi connectivity index (χ4n) is 2.61. The van der Waals surface area contributed by atoms with E-state index in [2.05, 4.69) is 42.5 Å². The molecule has 0 amide bonds. The molecule has 0 saturated heterocycles. The van der Waals surface area contributed by atoms with Gasteiger partial charge in [0.2, 0.25) is 0 Å². The number of allylic oxidation sites excluding steroid dienone is 1. The molecule has 1 aromatic carbocycles. The third-order valence-corrected chi connectivity index (χ3v) is 4.95. The van der Waals surface area contributed by atoms with Crippen molar-refractivity contribution < 1.29 is 9.53 Å². The summed E-state index contributed by atoms with van der Waals surface area (Å²) in [5.74, 6) is 0.571. The summed E-state index contributed by atoms with van der Waals surface area (Å²) in [6.45, 7) is 2.34. The molecule has 3 heteroatoms. The van der Waals surface area contributed by atoms with Gasteiger partial charge in [-0.05, 0) is 50.7 Å². The lowest BCUT2D eigenvalue weighted by atomic mass is 9.91. The normalized spacial score (nSPS) is 21.2. The molecular formula is C18H24O2S. The molecule has 2 atom stereocenters. The quantitative estimate of drug-likeness (QED) is 0.532. The summed E-state index contributed by atoms with van der Waals surface area (Å²) in [5, 5.41) is 0.591. The summed E-state index contributed by atoms with van der Waals surface area (Å²) >= 11 is 1.94. The SMILES string of the molecule is CCOC(=O)CCCC1C=CC(Sc2ccccc2)CC1. The second-order valence-electron chi connectivity index (χ2n) is 5.39. The molecule has 21 heavy (non-hydrogen) atoms. The summed E-state index contributed by atoms with van der Waals surface area (Å²) in [6.07, 6.45) is 9.72. The minimum absolute atomic E-state index is 0.0604. The van der Waals surface area contributed by atoms with Crippen LogP contribution in [-0.4, -0.2) is 17.8 Å². The zero-order valence-electron chi connectivity index (χ0n) is 12.7. The van der Waals surface area contributed by atoms with Crippen molar-refractivity contribution in [1.29, 1.82) is 0 Å². The number of benzene rings is 1. The van der Waals surface area contributed by atoms with Crippen molar-refractivity contribution in [3.8, 4) is 0 Å². The highest BCUT2D eigenvalue weighted by molar-refractivity contribution is 8.00. The largest absolute Gasteiger partial charge is 0.466 e. The summed E-state index contributed by atoms with van der Waals surface area (Å²) in [6, 6.07) is 10.6. The van der Waals surface area contributed by atoms with Gasteiger partial charge in [0.05, 0.1) is 6.61 Å². The lowest BCUT2D eigenvalue weighted by molar-refractivity contribution is -0.143. The lowest BCUT2D eigenvalue weighted by Gasteiger charge is -2.22. The molecule has 0 bridgehead atoms. The van der Waals surface area contributed by atoms with E-state index in [1.165, 1.54) is 17.7 Å². The van der Waals surface area contributed by atoms with E-state index in [9.17, 15) is 4.79 Å². The molecule has 0 spiro atoms. The monoisotopic (exact) mass is 304 g/mol. The van der Waals surface area contributed by atoms with E-state index >= 15 is 0 Å². The van der Waals surface area contributed by atoms with Crippen LogP contribution in [0.5, 0.6) is 0 Å². The Balaban J connectivity index is 1.68. The number of carbonyl (C=O) groups is 1. The molecule has 0 radical (unpaired) electrons. The Morgan fingerprint density at radius 1 is 1.24 bits per heavy atom. The summed E-state index contributed by atoms with van der Waals surface area (Å²) in [4.78, 5) is 12.6. The predicted octanol–water partition coefficient (Wildman–Crippen LogP) is 4.85. The molecule has 1 aromatic rings. The van der Waals surface area contributed by atoms with Gasteiger partial charge in [-0.1, -0.05) is 30.4 Å². The Morgan fingerprint density at radius 2 is 2.05 bits per heavy atom. The molecule has 2 unspecified atom stereocenters. The van der Waals surface area contributed by atoms with Crippen LogP contribution in [0.3, 0.4) is 0 Å². The van der Waals surface area contributed by atoms with E-state index in [0.29, 0.717) is 24.2 Å². The molecule has 0 fully saturated rings. The number of thioether (sulfide) groups is 1. The molecule has 2 rings (SSSR count). The van der Waals surface area contributed by atoms with Crippen molar-refractivity contribution in [1.82, 2.24) is 0 Å². The molecule has 0 N–H and O–H groups in total. The first-order valence-electron chi connectivity index (χ1n) is 7.83. The van der Waals surface area contributed by atoms with Crippen LogP contribution in [0.4, 0.5) is 0 Å². The second kappa shape index (κ2) is 8.93. The molecule has 0 aromatic heterocycles. The highest BCUT2D eigenvalue weighted by Gasteiger charge is 2.16. The van der Waals surface area contributed by atoms with Crippen molar-refractivity contribution >= 4 is 17.7 Å². The fourth-order valence-corrected chi connectivity index (χ4v) is 3.69. The van der Waals surface area contributed by atoms with Crippen LogP contribution in [0.1, 0.15) is 39.0 Å². The fraction of sp³-hybridized carbons (Fsp3) is 0.500. The molecule has 1 aliphatic carbocycles. The molecular weight excluding hydrogens is 280 g/mol. The molecule has 114 valence electrons. The van der Waals surface area contributed by atoms with Crippen LogP contribution in [0, 0.1) is 5.92 Å². The molecule has 2 nitrogen and oxygen atoms in total. The van der Waals surface area contributed by atoms with Crippen molar-refractivity contribution in [2.45, 2.75) is 49.2 Å². The van der Waals surface area contributed by atoms with Gasteiger partial charge in [-0.2, -0.15) is 0 Å². The van der Waals surface area contributed by atoms with Crippen LogP contribution < -0.4 is 0 Å². The van der Waals surface area contributed by atoms with Crippen molar-refractivity contribution in [3.05, 3.63) is 42.5 Å². The topological polar surface area (TPSA) is 26.3 Å². The zero-order chi connectivity index (χ0) is 14.9. The van der Waals surface area contributed by atoms with E-state index in [1.54, 1.807) is 0 Å². The first kappa shape index (κ1) is 16.2. The molecule has 0 heterocycles. The number of ether oxygens (including phenoxy) is 1. The number of rotatable bonds is 7. The molecule has 0 aliphatic heterocycles. The maximum Gasteiger partial charge on any atom is 0.305 e. The van der Waals surface area contributed by atoms with Gasteiger partial charge >= 0.3 is 5.97 Å². The van der Waals surface area contributed by atoms with Crippen molar-refractivity contribution in [2.75, 3.05) is 6.61 Å². The van der Waals surface area contributed by atoms with Crippen LogP contribution in [-0.2, 0) is 9.53 Å². The number of carbonyl (C=O) groups excluding carboxylic acids is 1. The highest BCUT2D eigenvalue weighted by atomic mass is 32.2. The Hall–Kier alpha value is -1.22. The van der Waals surface area contributed by atoms with E-state index in [-0.39, 0.29) is 5.97 Å². The predicted molar refractivity (Wildman–Crippen MR) is 88.4 cm³/mol. The number of esters is 1. The smallest absolute Gasteiger partial charge is 0.305 e. The van der Waals surface area contributed by atoms with Gasteiger partial charge in [0.15, 0.2) is 0 Å². The third-order valence-electron chi connectivity index (χ3n) is 3.71. The first-order chi connectivity index (χ1) is 10.3. The van der Waals surface area contributed by atoms with Crippen LogP contribution in [0.2, 0.25) is 0 Å². The summed E-state index contributed by atoms with van der Waals surface area (Å²) in [7, 11) is 0. The maximum absolute atomic E-state index is 11.3. The Morgan fingerprint density at radius 3 is 2.71 bits per heavy atom. The Kier molecular flexibility index (Phi) is 6.87. The van der Waals surface area contributed by atoms with E-state index in [1.807, 2.05) is 18.7 Å². The van der Waals surface area contributed by atoms with Crippen molar-refractivity contribution in [3.63, 3.8) is 0 Å². The van der Waals surface area contributed by atoms with Crippen LogP contribution >= 0.6 is 11.8 Å². The maximum atomic E-state index is 11.3.